The van der Waals surface area contributed by atoms with E-state index in [2.05, 4.69) is 27.8 Å². The van der Waals surface area contributed by atoms with Gasteiger partial charge in [-0.3, -0.25) is 9.67 Å². The van der Waals surface area contributed by atoms with Crippen LogP contribution in [0.4, 0.5) is 0 Å². The summed E-state index contributed by atoms with van der Waals surface area (Å²) < 4.78 is 2.06. The van der Waals surface area contributed by atoms with Crippen LogP contribution < -0.4 is 5.73 Å². The van der Waals surface area contributed by atoms with E-state index < -0.39 is 0 Å². The number of nitrogens with two attached hydrogens (primary N) is 1. The summed E-state index contributed by atoms with van der Waals surface area (Å²) >= 11 is 0. The van der Waals surface area contributed by atoms with Crippen molar-refractivity contribution in [3.05, 3.63) is 17.5 Å². The molecule has 0 aliphatic heterocycles. The maximum atomic E-state index is 6.09. The van der Waals surface area contributed by atoms with Crippen LogP contribution in [0.5, 0.6) is 0 Å². The molecule has 0 spiro atoms. The summed E-state index contributed by atoms with van der Waals surface area (Å²) in [6.45, 7) is 5.88. The van der Waals surface area contributed by atoms with E-state index >= 15 is 0 Å². The molecule has 0 radical (unpaired) electrons. The predicted molar refractivity (Wildman–Crippen MR) is 79.4 cm³/mol. The van der Waals surface area contributed by atoms with Crippen molar-refractivity contribution in [1.82, 2.24) is 9.78 Å². The summed E-state index contributed by atoms with van der Waals surface area (Å²) in [5.74, 6) is 1.43. The number of aromatic nitrogens is 2. The van der Waals surface area contributed by atoms with Crippen LogP contribution in [0.2, 0.25) is 0 Å². The van der Waals surface area contributed by atoms with Gasteiger partial charge in [-0.05, 0) is 39.2 Å². The van der Waals surface area contributed by atoms with Gasteiger partial charge in [0.1, 0.15) is 0 Å². The zero-order valence-corrected chi connectivity index (χ0v) is 12.2. The highest BCUT2D eigenvalue weighted by Gasteiger charge is 2.16. The van der Waals surface area contributed by atoms with Crippen molar-refractivity contribution in [3.63, 3.8) is 0 Å². The lowest BCUT2D eigenvalue weighted by molar-refractivity contribution is 0.436. The van der Waals surface area contributed by atoms with E-state index in [9.17, 15) is 0 Å². The number of hydrogen-bond acceptors (Lipinski definition) is 2. The van der Waals surface area contributed by atoms with Crippen LogP contribution in [0, 0.1) is 19.8 Å². The van der Waals surface area contributed by atoms with Gasteiger partial charge in [0, 0.05) is 24.7 Å². The quantitative estimate of drug-likeness (QED) is 0.504. The Morgan fingerprint density at radius 3 is 2.74 bits per heavy atom. The molecule has 0 saturated heterocycles. The molecule has 19 heavy (non-hydrogen) atoms. The van der Waals surface area contributed by atoms with Crippen LogP contribution in [-0.4, -0.2) is 22.2 Å². The average molecular weight is 262 g/mol. The third-order valence-corrected chi connectivity index (χ3v) is 3.95. The van der Waals surface area contributed by atoms with Crippen molar-refractivity contribution in [2.24, 2.45) is 16.6 Å². The summed E-state index contributed by atoms with van der Waals surface area (Å²) in [6.07, 6.45) is 7.45. The van der Waals surface area contributed by atoms with Crippen LogP contribution >= 0.6 is 0 Å². The highest BCUT2D eigenvalue weighted by atomic mass is 15.3. The number of aryl methyl sites for hydroxylation is 3. The van der Waals surface area contributed by atoms with Crippen LogP contribution in [0.1, 0.15) is 49.9 Å². The monoisotopic (exact) mass is 262 g/mol. The molecule has 4 nitrogen and oxygen atoms in total. The standard InChI is InChI=1S/C15H26N4/c1-12-11-13(2)19(18-12)10-6-9-17-15(16)14-7-4-3-5-8-14/h11,14H,3-10H2,1-2H3,(H2,16,17). The van der Waals surface area contributed by atoms with E-state index in [0.717, 1.165) is 31.0 Å². The fraction of sp³-hybridized carbons (Fsp3) is 0.733. The first-order chi connectivity index (χ1) is 9.16. The Hall–Kier alpha value is -1.32. The molecule has 0 atom stereocenters. The first kappa shape index (κ1) is 14.1. The Balaban J connectivity index is 1.74. The van der Waals surface area contributed by atoms with Crippen molar-refractivity contribution in [1.29, 1.82) is 0 Å². The van der Waals surface area contributed by atoms with Gasteiger partial charge >= 0.3 is 0 Å². The van der Waals surface area contributed by atoms with Crippen molar-refractivity contribution >= 4 is 5.84 Å². The highest BCUT2D eigenvalue weighted by Crippen LogP contribution is 2.23. The van der Waals surface area contributed by atoms with E-state index in [1.807, 2.05) is 6.92 Å². The summed E-state index contributed by atoms with van der Waals surface area (Å²) in [4.78, 5) is 4.55. The highest BCUT2D eigenvalue weighted by molar-refractivity contribution is 5.82. The third kappa shape index (κ3) is 4.08. The lowest BCUT2D eigenvalue weighted by Gasteiger charge is -2.20. The number of nitrogens with zero attached hydrogens (tertiary/aromatic N) is 3. The Labute approximate surface area is 116 Å². The molecule has 0 unspecified atom stereocenters. The van der Waals surface area contributed by atoms with Crippen LogP contribution in [0.15, 0.2) is 11.1 Å². The van der Waals surface area contributed by atoms with Gasteiger partial charge in [-0.1, -0.05) is 19.3 Å². The van der Waals surface area contributed by atoms with Crippen LogP contribution in [-0.2, 0) is 6.54 Å². The largest absolute Gasteiger partial charge is 0.387 e. The molecule has 4 heteroatoms. The lowest BCUT2D eigenvalue weighted by Crippen LogP contribution is -2.26. The van der Waals surface area contributed by atoms with Gasteiger partial charge in [-0.25, -0.2) is 0 Å². The number of hydrogen-bond donors (Lipinski definition) is 1. The SMILES string of the molecule is Cc1cc(C)n(CCCN=C(N)C2CCCCC2)n1. The van der Waals surface area contributed by atoms with Gasteiger partial charge in [-0.15, -0.1) is 0 Å². The van der Waals surface area contributed by atoms with E-state index in [1.165, 1.54) is 37.8 Å². The lowest BCUT2D eigenvalue weighted by atomic mass is 9.88. The summed E-state index contributed by atoms with van der Waals surface area (Å²) in [5.41, 5.74) is 8.40. The second-order valence-corrected chi connectivity index (χ2v) is 5.65. The number of amidine groups is 1. The normalized spacial score (nSPS) is 17.9. The molecule has 1 aromatic heterocycles. The minimum atomic E-state index is 0.544. The fourth-order valence-corrected chi connectivity index (χ4v) is 2.86. The first-order valence-corrected chi connectivity index (χ1v) is 7.47. The second-order valence-electron chi connectivity index (χ2n) is 5.65. The Bertz CT molecular complexity index is 427. The van der Waals surface area contributed by atoms with E-state index in [1.54, 1.807) is 0 Å². The maximum Gasteiger partial charge on any atom is 0.0968 e. The summed E-state index contributed by atoms with van der Waals surface area (Å²) in [5, 5.41) is 4.45. The molecular formula is C15H26N4. The van der Waals surface area contributed by atoms with E-state index in [-0.39, 0.29) is 0 Å². The molecule has 0 amide bonds. The molecule has 1 aromatic rings. The van der Waals surface area contributed by atoms with Crippen molar-refractivity contribution in [2.45, 2.75) is 58.9 Å². The van der Waals surface area contributed by atoms with E-state index in [4.69, 9.17) is 5.73 Å². The van der Waals surface area contributed by atoms with Crippen molar-refractivity contribution in [3.8, 4) is 0 Å². The number of rotatable bonds is 5. The van der Waals surface area contributed by atoms with Gasteiger partial charge in [0.05, 0.1) is 11.5 Å². The van der Waals surface area contributed by atoms with Crippen molar-refractivity contribution in [2.75, 3.05) is 6.54 Å². The minimum Gasteiger partial charge on any atom is -0.387 e. The molecular weight excluding hydrogens is 236 g/mol. The maximum absolute atomic E-state index is 6.09. The van der Waals surface area contributed by atoms with Gasteiger partial charge in [0.15, 0.2) is 0 Å². The second kappa shape index (κ2) is 6.73. The Morgan fingerprint density at radius 2 is 2.11 bits per heavy atom. The summed E-state index contributed by atoms with van der Waals surface area (Å²) in [7, 11) is 0. The molecule has 106 valence electrons. The summed E-state index contributed by atoms with van der Waals surface area (Å²) in [6, 6.07) is 2.11. The minimum absolute atomic E-state index is 0.544. The van der Waals surface area contributed by atoms with Gasteiger partial charge in [0.25, 0.3) is 0 Å². The molecule has 0 bridgehead atoms. The predicted octanol–water partition coefficient (Wildman–Crippen LogP) is 2.83. The Morgan fingerprint density at radius 1 is 1.37 bits per heavy atom. The first-order valence-electron chi connectivity index (χ1n) is 7.47. The average Bonchev–Trinajstić information content (AvgIpc) is 2.74. The topological polar surface area (TPSA) is 56.2 Å². The molecule has 1 aliphatic carbocycles. The molecule has 1 aliphatic rings. The van der Waals surface area contributed by atoms with E-state index in [0.29, 0.717) is 5.92 Å². The molecule has 1 fully saturated rings. The Kier molecular flexibility index (Phi) is 5.00. The smallest absolute Gasteiger partial charge is 0.0968 e. The van der Waals surface area contributed by atoms with Crippen LogP contribution in [0.3, 0.4) is 0 Å². The number of aliphatic imine (C=N–C) groups is 1. The zero-order chi connectivity index (χ0) is 13.7. The van der Waals surface area contributed by atoms with Gasteiger partial charge < -0.3 is 5.73 Å². The fourth-order valence-electron chi connectivity index (χ4n) is 2.86. The zero-order valence-electron chi connectivity index (χ0n) is 12.2. The third-order valence-electron chi connectivity index (χ3n) is 3.95. The van der Waals surface area contributed by atoms with Crippen LogP contribution in [0.25, 0.3) is 0 Å². The molecule has 2 N–H and O–H groups in total. The van der Waals surface area contributed by atoms with Gasteiger partial charge in [-0.2, -0.15) is 5.10 Å². The molecule has 1 heterocycles. The molecule has 0 aromatic carbocycles. The molecule has 1 saturated carbocycles. The van der Waals surface area contributed by atoms with Gasteiger partial charge in [0.2, 0.25) is 0 Å². The molecule has 2 rings (SSSR count). The van der Waals surface area contributed by atoms with Crippen molar-refractivity contribution < 1.29 is 0 Å².